The Bertz CT molecular complexity index is 1390. The minimum Gasteiger partial charge on any atom is -0.426 e. The van der Waals surface area contributed by atoms with Gasteiger partial charge in [-0.15, -0.1) is 0 Å². The van der Waals surface area contributed by atoms with Crippen molar-refractivity contribution in [2.75, 3.05) is 0 Å². The molecule has 3 rings (SSSR count). The molecule has 0 amide bonds. The van der Waals surface area contributed by atoms with Gasteiger partial charge in [-0.25, -0.2) is 0 Å². The highest BCUT2D eigenvalue weighted by Gasteiger charge is 2.58. The molecule has 212 valence electrons. The lowest BCUT2D eigenvalue weighted by molar-refractivity contribution is -0.155. The van der Waals surface area contributed by atoms with Gasteiger partial charge < -0.3 is 9.47 Å². The molecule has 0 aromatic heterocycles. The Kier molecular flexibility index (Phi) is 8.66. The molecule has 8 nitrogen and oxygen atoms in total. The third-order valence-corrected chi connectivity index (χ3v) is 7.90. The molecule has 1 fully saturated rings. The SMILES string of the molecule is Cc1cc(C)c(OC(=O)C2CCC(C(=O)C(F)(F)S(=O)(=O)O)C(C(=O)Oc3c(C)cc(C)cc3C)C2)c(C)c1. The zero-order chi connectivity index (χ0) is 29.4. The molecule has 0 spiro atoms. The maximum atomic E-state index is 14.4. The Balaban J connectivity index is 1.94. The van der Waals surface area contributed by atoms with Gasteiger partial charge in [0.1, 0.15) is 11.5 Å². The zero-order valence-corrected chi connectivity index (χ0v) is 23.4. The number of alkyl halides is 2. The summed E-state index contributed by atoms with van der Waals surface area (Å²) in [5, 5.41) is -5.13. The molecule has 3 atom stereocenters. The van der Waals surface area contributed by atoms with E-state index < -0.39 is 57.3 Å². The van der Waals surface area contributed by atoms with Crippen molar-refractivity contribution in [1.29, 1.82) is 0 Å². The monoisotopic (exact) mass is 566 g/mol. The number of Topliss-reactive ketones (excluding diaryl/α,β-unsaturated/α-hetero) is 1. The second kappa shape index (κ2) is 11.1. The van der Waals surface area contributed by atoms with Crippen molar-refractivity contribution < 1.29 is 45.6 Å². The third-order valence-electron chi connectivity index (χ3n) is 7.05. The van der Waals surface area contributed by atoms with E-state index in [0.717, 1.165) is 11.1 Å². The van der Waals surface area contributed by atoms with Gasteiger partial charge in [-0.2, -0.15) is 17.2 Å². The highest BCUT2D eigenvalue weighted by atomic mass is 32.2. The Morgan fingerprint density at radius 1 is 0.769 bits per heavy atom. The van der Waals surface area contributed by atoms with Gasteiger partial charge in [0.05, 0.1) is 11.8 Å². The van der Waals surface area contributed by atoms with E-state index in [2.05, 4.69) is 0 Å². The van der Waals surface area contributed by atoms with Crippen molar-refractivity contribution in [3.05, 3.63) is 57.6 Å². The van der Waals surface area contributed by atoms with E-state index in [1.54, 1.807) is 39.8 Å². The molecule has 39 heavy (non-hydrogen) atoms. The molecule has 1 saturated carbocycles. The number of ketones is 1. The lowest BCUT2D eigenvalue weighted by atomic mass is 9.72. The van der Waals surface area contributed by atoms with Crippen LogP contribution >= 0.6 is 0 Å². The van der Waals surface area contributed by atoms with Gasteiger partial charge in [0.2, 0.25) is 5.78 Å². The van der Waals surface area contributed by atoms with Crippen molar-refractivity contribution in [2.24, 2.45) is 17.8 Å². The van der Waals surface area contributed by atoms with E-state index >= 15 is 0 Å². The second-order valence-electron chi connectivity index (χ2n) is 10.4. The number of carbonyl (C=O) groups excluding carboxylic acids is 3. The molecule has 1 aliphatic carbocycles. The molecule has 0 radical (unpaired) electrons. The topological polar surface area (TPSA) is 124 Å². The number of ether oxygens (including phenoxy) is 2. The molecular formula is C28H32F2O8S. The lowest BCUT2D eigenvalue weighted by Gasteiger charge is -2.34. The summed E-state index contributed by atoms with van der Waals surface area (Å²) >= 11 is 0. The fraction of sp³-hybridized carbons (Fsp3) is 0.464. The smallest absolute Gasteiger partial charge is 0.426 e. The first-order valence-corrected chi connectivity index (χ1v) is 13.9. The number of halogens is 2. The van der Waals surface area contributed by atoms with Crippen LogP contribution in [-0.4, -0.2) is 35.9 Å². The van der Waals surface area contributed by atoms with Crippen LogP contribution in [0.1, 0.15) is 52.6 Å². The van der Waals surface area contributed by atoms with Gasteiger partial charge >= 0.3 is 27.3 Å². The Labute approximate surface area is 226 Å². The van der Waals surface area contributed by atoms with E-state index in [1.807, 2.05) is 26.0 Å². The first-order chi connectivity index (χ1) is 17.9. The molecule has 0 aliphatic heterocycles. The van der Waals surface area contributed by atoms with Crippen LogP contribution in [0.5, 0.6) is 11.5 Å². The first kappa shape index (κ1) is 30.4. The minimum atomic E-state index is -6.09. The quantitative estimate of drug-likeness (QED) is 0.278. The van der Waals surface area contributed by atoms with Gasteiger partial charge in [-0.3, -0.25) is 18.9 Å². The largest absolute Gasteiger partial charge is 0.427 e. The molecule has 0 bridgehead atoms. The highest BCUT2D eigenvalue weighted by molar-refractivity contribution is 7.87. The number of carbonyl (C=O) groups is 3. The number of hydrogen-bond donors (Lipinski definition) is 1. The summed E-state index contributed by atoms with van der Waals surface area (Å²) < 4.78 is 71.5. The maximum Gasteiger partial charge on any atom is 0.427 e. The van der Waals surface area contributed by atoms with Crippen molar-refractivity contribution in [1.82, 2.24) is 0 Å². The molecule has 2 aromatic carbocycles. The van der Waals surface area contributed by atoms with E-state index in [1.165, 1.54) is 0 Å². The Hall–Kier alpha value is -3.18. The van der Waals surface area contributed by atoms with Crippen LogP contribution in [0.2, 0.25) is 0 Å². The molecule has 1 aliphatic rings. The van der Waals surface area contributed by atoms with Crippen LogP contribution in [0.15, 0.2) is 24.3 Å². The van der Waals surface area contributed by atoms with Gasteiger partial charge in [-0.1, -0.05) is 35.4 Å². The van der Waals surface area contributed by atoms with Crippen LogP contribution in [0, 0.1) is 59.3 Å². The summed E-state index contributed by atoms with van der Waals surface area (Å²) in [6.45, 7) is 10.6. The fourth-order valence-electron chi connectivity index (χ4n) is 5.32. The van der Waals surface area contributed by atoms with Gasteiger partial charge in [0.25, 0.3) is 0 Å². The Morgan fingerprint density at radius 2 is 1.18 bits per heavy atom. The first-order valence-electron chi connectivity index (χ1n) is 12.4. The third kappa shape index (κ3) is 6.36. The fourth-order valence-corrected chi connectivity index (χ4v) is 5.72. The number of rotatable bonds is 7. The number of hydrogen-bond acceptors (Lipinski definition) is 7. The summed E-state index contributed by atoms with van der Waals surface area (Å²) in [6.07, 6.45) is -0.919. The van der Waals surface area contributed by atoms with Crippen LogP contribution < -0.4 is 9.47 Å². The average Bonchev–Trinajstić information content (AvgIpc) is 2.81. The maximum absolute atomic E-state index is 14.4. The molecule has 0 heterocycles. The van der Waals surface area contributed by atoms with Gasteiger partial charge in [-0.05, 0) is 83.1 Å². The summed E-state index contributed by atoms with van der Waals surface area (Å²) in [6, 6.07) is 7.15. The molecule has 11 heteroatoms. The average molecular weight is 567 g/mol. The van der Waals surface area contributed by atoms with Crippen molar-refractivity contribution >= 4 is 27.8 Å². The molecule has 1 N–H and O–H groups in total. The van der Waals surface area contributed by atoms with E-state index in [4.69, 9.17) is 14.0 Å². The Morgan fingerprint density at radius 3 is 1.59 bits per heavy atom. The predicted molar refractivity (Wildman–Crippen MR) is 138 cm³/mol. The predicted octanol–water partition coefficient (Wildman–Crippen LogP) is 5.13. The molecule has 0 saturated heterocycles. The second-order valence-corrected chi connectivity index (χ2v) is 11.8. The van der Waals surface area contributed by atoms with Crippen LogP contribution in [0.4, 0.5) is 8.78 Å². The van der Waals surface area contributed by atoms with Gasteiger partial charge in [0, 0.05) is 5.92 Å². The zero-order valence-electron chi connectivity index (χ0n) is 22.6. The van der Waals surface area contributed by atoms with Crippen LogP contribution in [-0.2, 0) is 24.5 Å². The van der Waals surface area contributed by atoms with Crippen LogP contribution in [0.3, 0.4) is 0 Å². The van der Waals surface area contributed by atoms with Crippen molar-refractivity contribution in [3.63, 3.8) is 0 Å². The van der Waals surface area contributed by atoms with Crippen LogP contribution in [0.25, 0.3) is 0 Å². The molecule has 2 aromatic rings. The number of esters is 2. The summed E-state index contributed by atoms with van der Waals surface area (Å²) in [5.41, 5.74) is 4.45. The molecular weight excluding hydrogens is 534 g/mol. The summed E-state index contributed by atoms with van der Waals surface area (Å²) in [4.78, 5) is 39.1. The number of aryl methyl sites for hydroxylation is 6. The molecule has 3 unspecified atom stereocenters. The summed E-state index contributed by atoms with van der Waals surface area (Å²) in [7, 11) is -6.09. The highest BCUT2D eigenvalue weighted by Crippen LogP contribution is 2.41. The lowest BCUT2D eigenvalue weighted by Crippen LogP contribution is -2.48. The standard InChI is InChI=1S/C28H32F2O8S/c1-14-9-16(3)23(17(4)10-14)37-26(32)20-7-8-21(25(31)28(29,30)39(34,35)36)22(13-20)27(33)38-24-18(5)11-15(2)12-19(24)6/h9-12,20-22H,7-8,13H2,1-6H3,(H,34,35,36). The van der Waals surface area contributed by atoms with E-state index in [-0.39, 0.29) is 18.6 Å². The number of benzene rings is 2. The normalized spacial score (nSPS) is 19.9. The van der Waals surface area contributed by atoms with Crippen molar-refractivity contribution in [2.45, 2.75) is 66.1 Å². The summed E-state index contributed by atoms with van der Waals surface area (Å²) in [5.74, 6) is -7.73. The van der Waals surface area contributed by atoms with E-state index in [0.29, 0.717) is 28.0 Å². The van der Waals surface area contributed by atoms with Gasteiger partial charge in [0.15, 0.2) is 0 Å². The van der Waals surface area contributed by atoms with Crippen molar-refractivity contribution in [3.8, 4) is 11.5 Å². The van der Waals surface area contributed by atoms with E-state index in [9.17, 15) is 31.6 Å². The minimum absolute atomic E-state index is 0.118.